The largest absolute Gasteiger partial charge is 0.595 e. The van der Waals surface area contributed by atoms with Gasteiger partial charge in [0.2, 0.25) is 0 Å². The maximum absolute atomic E-state index is 10.9. The number of thiazole rings is 1. The quantitative estimate of drug-likeness (QED) is 0.461. The Labute approximate surface area is 153 Å². The molecule has 0 bridgehead atoms. The standard InChI is InChI=1S/C19H15N3O3S/c23-22(24)15-8-6-13(7-9-15)17-10-11-18(25-17)16-12-26-19(21-16)20-14-4-2-1-3-5-14/h1-12,22-23H,(H,20,21). The number of nitrogens with one attached hydrogen (secondary N) is 2. The highest BCUT2D eigenvalue weighted by Crippen LogP contribution is 2.31. The molecule has 1 atom stereocenters. The zero-order valence-corrected chi connectivity index (χ0v) is 14.4. The summed E-state index contributed by atoms with van der Waals surface area (Å²) in [4.78, 5) is 4.56. The van der Waals surface area contributed by atoms with Crippen LogP contribution in [0.4, 0.5) is 16.5 Å². The molecule has 0 spiro atoms. The molecule has 2 aromatic carbocycles. The Balaban J connectivity index is 1.53. The van der Waals surface area contributed by atoms with E-state index >= 15 is 0 Å². The van der Waals surface area contributed by atoms with Crippen LogP contribution < -0.4 is 10.5 Å². The number of para-hydroxylation sites is 1. The normalized spacial score (nSPS) is 12.1. The van der Waals surface area contributed by atoms with Crippen LogP contribution in [-0.2, 0) is 0 Å². The molecule has 0 amide bonds. The van der Waals surface area contributed by atoms with Crippen LogP contribution in [0.15, 0.2) is 76.5 Å². The lowest BCUT2D eigenvalue weighted by molar-refractivity contribution is -0.991. The minimum absolute atomic E-state index is 0.247. The Bertz CT molecular complexity index is 994. The van der Waals surface area contributed by atoms with Gasteiger partial charge in [-0.2, -0.15) is 5.23 Å². The molecule has 6 nitrogen and oxygen atoms in total. The van der Waals surface area contributed by atoms with Crippen LogP contribution in [0.2, 0.25) is 0 Å². The Hall–Kier alpha value is -2.97. The molecule has 3 N–H and O–H groups in total. The predicted octanol–water partition coefficient (Wildman–Crippen LogP) is 4.22. The highest BCUT2D eigenvalue weighted by molar-refractivity contribution is 7.14. The Morgan fingerprint density at radius 1 is 0.962 bits per heavy atom. The molecule has 0 radical (unpaired) electrons. The number of benzene rings is 2. The fourth-order valence-electron chi connectivity index (χ4n) is 2.50. The Morgan fingerprint density at radius 2 is 1.69 bits per heavy atom. The predicted molar refractivity (Wildman–Crippen MR) is 101 cm³/mol. The summed E-state index contributed by atoms with van der Waals surface area (Å²) < 4.78 is 5.89. The van der Waals surface area contributed by atoms with Crippen molar-refractivity contribution in [2.45, 2.75) is 0 Å². The van der Waals surface area contributed by atoms with Crippen LogP contribution in [0.5, 0.6) is 0 Å². The lowest BCUT2D eigenvalue weighted by Gasteiger charge is -2.11. The number of furan rings is 1. The Kier molecular flexibility index (Phi) is 4.51. The molecule has 2 aromatic heterocycles. The van der Waals surface area contributed by atoms with Gasteiger partial charge in [0.1, 0.15) is 11.5 Å². The van der Waals surface area contributed by atoms with Crippen molar-refractivity contribution in [2.75, 3.05) is 5.32 Å². The van der Waals surface area contributed by atoms with Gasteiger partial charge in [-0.3, -0.25) is 0 Å². The molecule has 0 saturated heterocycles. The van der Waals surface area contributed by atoms with Crippen LogP contribution >= 0.6 is 11.3 Å². The Morgan fingerprint density at radius 3 is 2.42 bits per heavy atom. The van der Waals surface area contributed by atoms with Gasteiger partial charge in [0, 0.05) is 28.8 Å². The van der Waals surface area contributed by atoms with Crippen molar-refractivity contribution >= 4 is 27.8 Å². The molecule has 26 heavy (non-hydrogen) atoms. The van der Waals surface area contributed by atoms with Gasteiger partial charge in [-0.25, -0.2) is 10.2 Å². The summed E-state index contributed by atoms with van der Waals surface area (Å²) in [5.74, 6) is 1.34. The summed E-state index contributed by atoms with van der Waals surface area (Å²) in [5, 5.41) is 24.9. The van der Waals surface area contributed by atoms with Gasteiger partial charge < -0.3 is 14.9 Å². The third kappa shape index (κ3) is 3.51. The van der Waals surface area contributed by atoms with Gasteiger partial charge in [-0.1, -0.05) is 18.2 Å². The first-order valence-electron chi connectivity index (χ1n) is 7.90. The molecule has 2 heterocycles. The molecule has 4 aromatic rings. The zero-order chi connectivity index (χ0) is 17.9. The first kappa shape index (κ1) is 16.5. The third-order valence-corrected chi connectivity index (χ3v) is 4.56. The van der Waals surface area contributed by atoms with Gasteiger partial charge in [0.05, 0.1) is 0 Å². The van der Waals surface area contributed by atoms with Gasteiger partial charge in [0.15, 0.2) is 16.6 Å². The first-order valence-corrected chi connectivity index (χ1v) is 8.78. The molecule has 0 saturated carbocycles. The maximum atomic E-state index is 10.9. The first-order chi connectivity index (χ1) is 12.7. The van der Waals surface area contributed by atoms with Gasteiger partial charge >= 0.3 is 0 Å². The van der Waals surface area contributed by atoms with Crippen LogP contribution in [-0.4, -0.2) is 10.2 Å². The number of anilines is 2. The third-order valence-electron chi connectivity index (χ3n) is 3.80. The van der Waals surface area contributed by atoms with E-state index in [1.165, 1.54) is 11.3 Å². The molecule has 4 rings (SSSR count). The highest BCUT2D eigenvalue weighted by atomic mass is 32.1. The summed E-state index contributed by atoms with van der Waals surface area (Å²) in [6, 6.07) is 20.2. The molecule has 0 fully saturated rings. The second-order valence-electron chi connectivity index (χ2n) is 5.58. The van der Waals surface area contributed by atoms with Crippen LogP contribution in [0.1, 0.15) is 0 Å². The minimum Gasteiger partial charge on any atom is -0.595 e. The summed E-state index contributed by atoms with van der Waals surface area (Å²) in [6.45, 7) is 0. The molecule has 130 valence electrons. The van der Waals surface area contributed by atoms with Crippen LogP contribution in [0.3, 0.4) is 0 Å². The SMILES string of the molecule is [O-][NH+](O)c1ccc(-c2ccc(-c3csc(Nc4ccccc4)n3)o2)cc1. The van der Waals surface area contributed by atoms with E-state index in [0.29, 0.717) is 11.5 Å². The summed E-state index contributed by atoms with van der Waals surface area (Å²) in [6.07, 6.45) is 0. The zero-order valence-electron chi connectivity index (χ0n) is 13.5. The fraction of sp³-hybridized carbons (Fsp3) is 0. The summed E-state index contributed by atoms with van der Waals surface area (Å²) in [5.41, 5.74) is 2.80. The van der Waals surface area contributed by atoms with Crippen molar-refractivity contribution in [3.8, 4) is 22.8 Å². The van der Waals surface area contributed by atoms with E-state index in [2.05, 4.69) is 10.3 Å². The smallest absolute Gasteiger partial charge is 0.187 e. The maximum Gasteiger partial charge on any atom is 0.187 e. The molecular formula is C19H15N3O3S. The molecule has 0 aliphatic carbocycles. The van der Waals surface area contributed by atoms with E-state index in [9.17, 15) is 5.21 Å². The highest BCUT2D eigenvalue weighted by Gasteiger charge is 2.11. The van der Waals surface area contributed by atoms with E-state index < -0.39 is 5.23 Å². The van der Waals surface area contributed by atoms with Gasteiger partial charge in [-0.05, 0) is 36.4 Å². The van der Waals surface area contributed by atoms with E-state index in [1.54, 1.807) is 24.3 Å². The van der Waals surface area contributed by atoms with Crippen molar-refractivity contribution in [2.24, 2.45) is 0 Å². The van der Waals surface area contributed by atoms with E-state index in [4.69, 9.17) is 9.62 Å². The van der Waals surface area contributed by atoms with Crippen molar-refractivity contribution in [3.05, 3.63) is 77.3 Å². The molecule has 1 unspecified atom stereocenters. The lowest BCUT2D eigenvalue weighted by atomic mass is 10.1. The number of hydrogen-bond donors (Lipinski definition) is 3. The number of nitrogens with zero attached hydrogens (tertiary/aromatic N) is 1. The average molecular weight is 365 g/mol. The van der Waals surface area contributed by atoms with Crippen LogP contribution in [0.25, 0.3) is 22.8 Å². The topological polar surface area (TPSA) is 85.8 Å². The number of rotatable bonds is 5. The van der Waals surface area contributed by atoms with E-state index in [-0.39, 0.29) is 5.69 Å². The number of hydrogen-bond acceptors (Lipinski definition) is 6. The van der Waals surface area contributed by atoms with E-state index in [0.717, 1.165) is 22.1 Å². The van der Waals surface area contributed by atoms with Crippen molar-refractivity contribution in [1.82, 2.24) is 4.98 Å². The number of aromatic nitrogens is 1. The van der Waals surface area contributed by atoms with Crippen molar-refractivity contribution in [3.63, 3.8) is 0 Å². The number of quaternary nitrogens is 1. The second kappa shape index (κ2) is 7.11. The monoisotopic (exact) mass is 365 g/mol. The van der Waals surface area contributed by atoms with Gasteiger partial charge in [0.25, 0.3) is 0 Å². The minimum atomic E-state index is -0.947. The van der Waals surface area contributed by atoms with Crippen molar-refractivity contribution in [1.29, 1.82) is 0 Å². The molecule has 0 aliphatic rings. The van der Waals surface area contributed by atoms with Gasteiger partial charge in [-0.15, -0.1) is 11.3 Å². The molecule has 7 heteroatoms. The van der Waals surface area contributed by atoms with E-state index in [1.807, 2.05) is 47.8 Å². The second-order valence-corrected chi connectivity index (χ2v) is 6.43. The average Bonchev–Trinajstić information content (AvgIpc) is 3.32. The lowest BCUT2D eigenvalue weighted by Crippen LogP contribution is -2.99. The molecular weight excluding hydrogens is 350 g/mol. The summed E-state index contributed by atoms with van der Waals surface area (Å²) in [7, 11) is 0. The fourth-order valence-corrected chi connectivity index (χ4v) is 3.22. The van der Waals surface area contributed by atoms with Crippen molar-refractivity contribution < 1.29 is 14.9 Å². The van der Waals surface area contributed by atoms with Crippen LogP contribution in [0, 0.1) is 5.21 Å². The summed E-state index contributed by atoms with van der Waals surface area (Å²) >= 11 is 1.50. The molecule has 0 aliphatic heterocycles.